The number of carbonyl (C=O) groups excluding carboxylic acids is 2. The van der Waals surface area contributed by atoms with Gasteiger partial charge in [0, 0.05) is 23.5 Å². The summed E-state index contributed by atoms with van der Waals surface area (Å²) in [6.45, 7) is 6.85. The minimum Gasteiger partial charge on any atom is -0.457 e. The highest BCUT2D eigenvalue weighted by atomic mass is 35.5. The number of benzene rings is 5. The molecule has 264 valence electrons. The lowest BCUT2D eigenvalue weighted by Crippen LogP contribution is -2.56. The van der Waals surface area contributed by atoms with Crippen LogP contribution >= 0.6 is 11.6 Å². The van der Waals surface area contributed by atoms with E-state index >= 15 is 0 Å². The minimum atomic E-state index is -4.27. The van der Waals surface area contributed by atoms with Gasteiger partial charge in [0.2, 0.25) is 11.8 Å². The molecule has 8 nitrogen and oxygen atoms in total. The lowest BCUT2D eigenvalue weighted by Gasteiger charge is -2.35. The standard InChI is InChI=1S/C41H42ClN3O5S/c1-30-19-25-36(26-20-30)51(48,49)45(33-21-23-35(24-22-33)50-34-16-9-6-10-17-34)29-39(46)44(28-32-15-11-12-18-37(32)42)38(40(47)43-41(2,3)4)27-31-13-7-5-8-14-31/h5-26,38H,27-29H2,1-4H3,(H,43,47)/t38-/m0/s1. The van der Waals surface area contributed by atoms with Gasteiger partial charge in [-0.25, -0.2) is 8.42 Å². The largest absolute Gasteiger partial charge is 0.457 e. The van der Waals surface area contributed by atoms with Crippen molar-refractivity contribution in [2.45, 2.75) is 57.1 Å². The number of para-hydroxylation sites is 1. The van der Waals surface area contributed by atoms with Crippen LogP contribution in [0.5, 0.6) is 11.5 Å². The van der Waals surface area contributed by atoms with Crippen molar-refractivity contribution < 1.29 is 22.7 Å². The summed E-state index contributed by atoms with van der Waals surface area (Å²) in [4.78, 5) is 30.3. The predicted octanol–water partition coefficient (Wildman–Crippen LogP) is 8.19. The van der Waals surface area contributed by atoms with Crippen molar-refractivity contribution in [2.75, 3.05) is 10.8 Å². The Morgan fingerprint density at radius 1 is 0.765 bits per heavy atom. The summed E-state index contributed by atoms with van der Waals surface area (Å²) < 4.78 is 35.8. The number of hydrogen-bond donors (Lipinski definition) is 1. The van der Waals surface area contributed by atoms with E-state index in [0.717, 1.165) is 15.4 Å². The van der Waals surface area contributed by atoms with Crippen LogP contribution in [-0.2, 0) is 32.6 Å². The predicted molar refractivity (Wildman–Crippen MR) is 203 cm³/mol. The molecule has 1 atom stereocenters. The van der Waals surface area contributed by atoms with Crippen LogP contribution in [0.2, 0.25) is 5.02 Å². The van der Waals surface area contributed by atoms with Crippen LogP contribution in [0.25, 0.3) is 0 Å². The van der Waals surface area contributed by atoms with Crippen LogP contribution in [-0.4, -0.2) is 43.3 Å². The number of aryl methyl sites for hydroxylation is 1. The molecule has 2 amide bonds. The van der Waals surface area contributed by atoms with Crippen molar-refractivity contribution in [3.05, 3.63) is 155 Å². The number of nitrogens with zero attached hydrogens (tertiary/aromatic N) is 2. The second kappa shape index (κ2) is 16.3. The van der Waals surface area contributed by atoms with E-state index in [1.165, 1.54) is 17.0 Å². The summed E-state index contributed by atoms with van der Waals surface area (Å²) >= 11 is 6.61. The molecule has 0 aliphatic rings. The molecule has 0 aliphatic carbocycles. The van der Waals surface area contributed by atoms with Crippen LogP contribution < -0.4 is 14.4 Å². The highest BCUT2D eigenvalue weighted by molar-refractivity contribution is 7.92. The van der Waals surface area contributed by atoms with E-state index in [0.29, 0.717) is 22.1 Å². The van der Waals surface area contributed by atoms with Gasteiger partial charge in [-0.05, 0) is 93.4 Å². The first-order chi connectivity index (χ1) is 24.3. The fourth-order valence-corrected chi connectivity index (χ4v) is 7.10. The third-order valence-corrected chi connectivity index (χ3v) is 10.2. The molecule has 5 aromatic rings. The first kappa shape index (κ1) is 37.1. The zero-order valence-electron chi connectivity index (χ0n) is 29.1. The maximum Gasteiger partial charge on any atom is 0.264 e. The summed E-state index contributed by atoms with van der Waals surface area (Å²) in [5.74, 6) is 0.158. The summed E-state index contributed by atoms with van der Waals surface area (Å²) in [6, 6.07) is 37.7. The molecule has 0 heterocycles. The zero-order valence-corrected chi connectivity index (χ0v) is 30.7. The highest BCUT2D eigenvalue weighted by Gasteiger charge is 2.36. The lowest BCUT2D eigenvalue weighted by molar-refractivity contribution is -0.140. The number of rotatable bonds is 13. The third-order valence-electron chi connectivity index (χ3n) is 8.06. The Balaban J connectivity index is 1.57. The molecule has 0 saturated heterocycles. The number of sulfonamides is 1. The first-order valence-electron chi connectivity index (χ1n) is 16.6. The SMILES string of the molecule is Cc1ccc(S(=O)(=O)N(CC(=O)N(Cc2ccccc2Cl)[C@@H](Cc2ccccc2)C(=O)NC(C)(C)C)c2ccc(Oc3ccccc3)cc2)cc1. The molecule has 0 spiro atoms. The average Bonchev–Trinajstić information content (AvgIpc) is 3.10. The van der Waals surface area contributed by atoms with Crippen LogP contribution in [0.1, 0.15) is 37.5 Å². The molecule has 0 fully saturated rings. The average molecular weight is 724 g/mol. The van der Waals surface area contributed by atoms with E-state index in [1.54, 1.807) is 60.7 Å². The lowest BCUT2D eigenvalue weighted by atomic mass is 10.0. The van der Waals surface area contributed by atoms with E-state index < -0.39 is 34.1 Å². The Bertz CT molecular complexity index is 2030. The van der Waals surface area contributed by atoms with Crippen LogP contribution in [0.4, 0.5) is 5.69 Å². The number of nitrogens with one attached hydrogen (secondary N) is 1. The third kappa shape index (κ3) is 9.99. The van der Waals surface area contributed by atoms with E-state index in [4.69, 9.17) is 16.3 Å². The highest BCUT2D eigenvalue weighted by Crippen LogP contribution is 2.29. The van der Waals surface area contributed by atoms with Crippen molar-refractivity contribution in [2.24, 2.45) is 0 Å². The number of halogens is 1. The van der Waals surface area contributed by atoms with Gasteiger partial charge in [0.15, 0.2) is 0 Å². The minimum absolute atomic E-state index is 0.0227. The van der Waals surface area contributed by atoms with Gasteiger partial charge >= 0.3 is 0 Å². The van der Waals surface area contributed by atoms with E-state index in [9.17, 15) is 18.0 Å². The topological polar surface area (TPSA) is 96.0 Å². The molecule has 0 aliphatic heterocycles. The van der Waals surface area contributed by atoms with E-state index in [1.807, 2.05) is 88.4 Å². The maximum atomic E-state index is 14.8. The van der Waals surface area contributed by atoms with Gasteiger partial charge in [0.05, 0.1) is 10.6 Å². The molecule has 0 bridgehead atoms. The number of amides is 2. The van der Waals surface area contributed by atoms with Gasteiger partial charge < -0.3 is 15.0 Å². The summed E-state index contributed by atoms with van der Waals surface area (Å²) in [6.07, 6.45) is 0.190. The van der Waals surface area contributed by atoms with Crippen LogP contribution in [0.3, 0.4) is 0 Å². The molecular formula is C41H42ClN3O5S. The molecule has 0 aromatic heterocycles. The maximum absolute atomic E-state index is 14.8. The Hall–Kier alpha value is -5.12. The van der Waals surface area contributed by atoms with Crippen molar-refractivity contribution in [3.8, 4) is 11.5 Å². The molecule has 5 aromatic carbocycles. The number of ether oxygens (including phenoxy) is 1. The van der Waals surface area contributed by atoms with Crippen molar-refractivity contribution in [1.29, 1.82) is 0 Å². The molecular weight excluding hydrogens is 682 g/mol. The molecule has 1 N–H and O–H groups in total. The van der Waals surface area contributed by atoms with Crippen molar-refractivity contribution in [1.82, 2.24) is 10.2 Å². The normalized spacial score (nSPS) is 12.1. The molecule has 0 saturated carbocycles. The zero-order chi connectivity index (χ0) is 36.6. The van der Waals surface area contributed by atoms with E-state index in [2.05, 4.69) is 5.32 Å². The van der Waals surface area contributed by atoms with Crippen LogP contribution in [0, 0.1) is 6.92 Å². The van der Waals surface area contributed by atoms with Gasteiger partial charge in [-0.15, -0.1) is 0 Å². The second-order valence-electron chi connectivity index (χ2n) is 13.3. The summed E-state index contributed by atoms with van der Waals surface area (Å²) in [7, 11) is -4.27. The first-order valence-corrected chi connectivity index (χ1v) is 18.4. The van der Waals surface area contributed by atoms with Gasteiger partial charge in [-0.2, -0.15) is 0 Å². The molecule has 5 rings (SSSR count). The molecule has 0 unspecified atom stereocenters. The Morgan fingerprint density at radius 2 is 1.33 bits per heavy atom. The molecule has 0 radical (unpaired) electrons. The van der Waals surface area contributed by atoms with Gasteiger partial charge in [0.25, 0.3) is 10.0 Å². The smallest absolute Gasteiger partial charge is 0.264 e. The van der Waals surface area contributed by atoms with Gasteiger partial charge in [0.1, 0.15) is 24.1 Å². The van der Waals surface area contributed by atoms with Gasteiger partial charge in [-0.3, -0.25) is 13.9 Å². The number of hydrogen-bond acceptors (Lipinski definition) is 5. The second-order valence-corrected chi connectivity index (χ2v) is 15.6. The molecule has 10 heteroatoms. The fourth-order valence-electron chi connectivity index (χ4n) is 5.49. The summed E-state index contributed by atoms with van der Waals surface area (Å²) in [5, 5.41) is 3.46. The van der Waals surface area contributed by atoms with Gasteiger partial charge in [-0.1, -0.05) is 96.0 Å². The van der Waals surface area contributed by atoms with Crippen molar-refractivity contribution >= 4 is 39.1 Å². The number of carbonyl (C=O) groups is 2. The Morgan fingerprint density at radius 3 is 1.94 bits per heavy atom. The summed E-state index contributed by atoms with van der Waals surface area (Å²) in [5.41, 5.74) is 1.99. The molecule has 51 heavy (non-hydrogen) atoms. The quantitative estimate of drug-likeness (QED) is 0.132. The van der Waals surface area contributed by atoms with Crippen LogP contribution in [0.15, 0.2) is 138 Å². The number of anilines is 1. The monoisotopic (exact) mass is 723 g/mol. The Kier molecular flexibility index (Phi) is 11.8. The van der Waals surface area contributed by atoms with Crippen molar-refractivity contribution in [3.63, 3.8) is 0 Å². The fraction of sp³-hybridized carbons (Fsp3) is 0.220. The van der Waals surface area contributed by atoms with E-state index in [-0.39, 0.29) is 29.5 Å². The Labute approximate surface area is 305 Å².